The number of nitrogens with two attached hydrogens (primary N) is 1. The van der Waals surface area contributed by atoms with Crippen LogP contribution < -0.4 is 5.73 Å². The third-order valence-corrected chi connectivity index (χ3v) is 5.23. The zero-order valence-electron chi connectivity index (χ0n) is 8.73. The van der Waals surface area contributed by atoms with Gasteiger partial charge in [-0.2, -0.15) is 0 Å². The Morgan fingerprint density at radius 3 is 2.87 bits per heavy atom. The van der Waals surface area contributed by atoms with Gasteiger partial charge >= 0.3 is 0 Å². The Labute approximate surface area is 90.2 Å². The number of rotatable bonds is 2. The Morgan fingerprint density at radius 1 is 1.47 bits per heavy atom. The molecule has 1 aromatic carbocycles. The van der Waals surface area contributed by atoms with E-state index in [4.69, 9.17) is 5.73 Å². The Balaban J connectivity index is 2.62. The van der Waals surface area contributed by atoms with Gasteiger partial charge in [0.15, 0.2) is 9.84 Å². The van der Waals surface area contributed by atoms with Crippen molar-refractivity contribution >= 4 is 9.84 Å². The molecule has 0 spiro atoms. The smallest absolute Gasteiger partial charge is 0.181 e. The minimum atomic E-state index is -3.09. The minimum absolute atomic E-state index is 0.286. The highest BCUT2D eigenvalue weighted by Gasteiger charge is 2.35. The molecule has 2 N–H and O–H groups in total. The third kappa shape index (κ3) is 1.58. The van der Waals surface area contributed by atoms with Gasteiger partial charge < -0.3 is 5.73 Å². The standard InChI is InChI=1S/C11H15NO2S/c1-8-7-10-4-2-3-9(5-6-12)11(10)15(8,13)14/h2-4,8H,5-7,12H2,1H3. The molecule has 0 radical (unpaired) electrons. The first-order chi connectivity index (χ1) is 7.07. The second-order valence-electron chi connectivity index (χ2n) is 4.00. The molecule has 4 heteroatoms. The fraction of sp³-hybridized carbons (Fsp3) is 0.455. The van der Waals surface area contributed by atoms with Gasteiger partial charge in [-0.15, -0.1) is 0 Å². The zero-order chi connectivity index (χ0) is 11.1. The molecule has 1 atom stereocenters. The molecule has 1 unspecified atom stereocenters. The molecule has 1 heterocycles. The van der Waals surface area contributed by atoms with E-state index in [0.717, 1.165) is 11.1 Å². The Hall–Kier alpha value is -0.870. The van der Waals surface area contributed by atoms with E-state index in [2.05, 4.69) is 0 Å². The van der Waals surface area contributed by atoms with Crippen LogP contribution in [0.4, 0.5) is 0 Å². The van der Waals surface area contributed by atoms with Gasteiger partial charge in [0.2, 0.25) is 0 Å². The van der Waals surface area contributed by atoms with E-state index in [-0.39, 0.29) is 5.25 Å². The van der Waals surface area contributed by atoms with E-state index in [1.54, 1.807) is 6.92 Å². The monoisotopic (exact) mass is 225 g/mol. The Bertz CT molecular complexity index is 479. The van der Waals surface area contributed by atoms with Crippen LogP contribution in [-0.4, -0.2) is 20.2 Å². The van der Waals surface area contributed by atoms with Crippen molar-refractivity contribution in [2.75, 3.05) is 6.54 Å². The van der Waals surface area contributed by atoms with Crippen molar-refractivity contribution in [3.63, 3.8) is 0 Å². The van der Waals surface area contributed by atoms with Crippen molar-refractivity contribution in [3.8, 4) is 0 Å². The molecule has 3 nitrogen and oxygen atoms in total. The number of fused-ring (bicyclic) bond motifs is 1. The molecule has 15 heavy (non-hydrogen) atoms. The van der Waals surface area contributed by atoms with Crippen molar-refractivity contribution in [2.45, 2.75) is 29.9 Å². The van der Waals surface area contributed by atoms with Gasteiger partial charge in [0.25, 0.3) is 0 Å². The average Bonchev–Trinajstić information content (AvgIpc) is 2.39. The van der Waals surface area contributed by atoms with E-state index in [9.17, 15) is 8.42 Å². The highest BCUT2D eigenvalue weighted by atomic mass is 32.2. The lowest BCUT2D eigenvalue weighted by molar-refractivity contribution is 0.589. The lowest BCUT2D eigenvalue weighted by Crippen LogP contribution is -2.14. The molecule has 1 aliphatic rings. The van der Waals surface area contributed by atoms with Gasteiger partial charge in [-0.25, -0.2) is 8.42 Å². The summed E-state index contributed by atoms with van der Waals surface area (Å²) >= 11 is 0. The third-order valence-electron chi connectivity index (χ3n) is 2.91. The molecule has 0 saturated heterocycles. The van der Waals surface area contributed by atoms with Crippen LogP contribution in [0, 0.1) is 0 Å². The molecule has 0 fully saturated rings. The van der Waals surface area contributed by atoms with Gasteiger partial charge in [0.1, 0.15) is 0 Å². The highest BCUT2D eigenvalue weighted by molar-refractivity contribution is 7.92. The van der Waals surface area contributed by atoms with E-state index in [1.165, 1.54) is 0 Å². The Kier molecular flexibility index (Phi) is 2.56. The Morgan fingerprint density at radius 2 is 2.20 bits per heavy atom. The quantitative estimate of drug-likeness (QED) is 0.813. The summed E-state index contributed by atoms with van der Waals surface area (Å²) < 4.78 is 24.1. The predicted octanol–water partition coefficient (Wildman–Crippen LogP) is 0.906. The van der Waals surface area contributed by atoms with Crippen LogP contribution >= 0.6 is 0 Å². The lowest BCUT2D eigenvalue weighted by Gasteiger charge is -2.07. The summed E-state index contributed by atoms with van der Waals surface area (Å²) in [6.07, 6.45) is 1.27. The molecule has 0 amide bonds. The summed E-state index contributed by atoms with van der Waals surface area (Å²) in [6.45, 7) is 2.25. The lowest BCUT2D eigenvalue weighted by atomic mass is 10.1. The maximum absolute atomic E-state index is 12.0. The molecule has 1 aromatic rings. The van der Waals surface area contributed by atoms with Crippen molar-refractivity contribution in [3.05, 3.63) is 29.3 Å². The van der Waals surface area contributed by atoms with Crippen molar-refractivity contribution in [2.24, 2.45) is 5.73 Å². The van der Waals surface area contributed by atoms with Crippen LogP contribution in [0.1, 0.15) is 18.1 Å². The summed E-state index contributed by atoms with van der Waals surface area (Å²) in [7, 11) is -3.09. The summed E-state index contributed by atoms with van der Waals surface area (Å²) in [5.41, 5.74) is 7.31. The molecule has 0 aliphatic carbocycles. The molecule has 1 aliphatic heterocycles. The molecule has 0 bridgehead atoms. The van der Waals surface area contributed by atoms with Gasteiger partial charge in [0, 0.05) is 0 Å². The first-order valence-corrected chi connectivity index (χ1v) is 6.66. The summed E-state index contributed by atoms with van der Waals surface area (Å²) in [6, 6.07) is 5.68. The van der Waals surface area contributed by atoms with Crippen LogP contribution in [0.3, 0.4) is 0 Å². The second kappa shape index (κ2) is 3.61. The summed E-state index contributed by atoms with van der Waals surface area (Å²) in [5.74, 6) is 0. The molecule has 0 saturated carbocycles. The van der Waals surface area contributed by atoms with Crippen LogP contribution in [0.2, 0.25) is 0 Å². The fourth-order valence-corrected chi connectivity index (χ4v) is 3.99. The maximum Gasteiger partial charge on any atom is 0.181 e. The normalized spacial score (nSPS) is 22.7. The SMILES string of the molecule is CC1Cc2cccc(CCN)c2S1(=O)=O. The van der Waals surface area contributed by atoms with E-state index < -0.39 is 9.84 Å². The number of benzene rings is 1. The molecular weight excluding hydrogens is 210 g/mol. The molecule has 0 aromatic heterocycles. The first-order valence-electron chi connectivity index (χ1n) is 5.12. The number of hydrogen-bond acceptors (Lipinski definition) is 3. The second-order valence-corrected chi connectivity index (χ2v) is 6.31. The molecular formula is C11H15NO2S. The number of hydrogen-bond donors (Lipinski definition) is 1. The van der Waals surface area contributed by atoms with Gasteiger partial charge in [0.05, 0.1) is 10.1 Å². The van der Waals surface area contributed by atoms with Crippen LogP contribution in [0.25, 0.3) is 0 Å². The van der Waals surface area contributed by atoms with E-state index in [1.807, 2.05) is 18.2 Å². The van der Waals surface area contributed by atoms with E-state index >= 15 is 0 Å². The van der Waals surface area contributed by atoms with Crippen molar-refractivity contribution < 1.29 is 8.42 Å². The topological polar surface area (TPSA) is 60.2 Å². The first kappa shape index (κ1) is 10.6. The summed E-state index contributed by atoms with van der Waals surface area (Å²) in [5, 5.41) is -0.286. The zero-order valence-corrected chi connectivity index (χ0v) is 9.55. The number of sulfone groups is 1. The largest absolute Gasteiger partial charge is 0.330 e. The molecule has 2 rings (SSSR count). The summed E-state index contributed by atoms with van der Waals surface area (Å²) in [4.78, 5) is 0.544. The van der Waals surface area contributed by atoms with Gasteiger partial charge in [-0.3, -0.25) is 0 Å². The van der Waals surface area contributed by atoms with Crippen LogP contribution in [0.5, 0.6) is 0 Å². The fourth-order valence-electron chi connectivity index (χ4n) is 2.14. The maximum atomic E-state index is 12.0. The van der Waals surface area contributed by atoms with Crippen LogP contribution in [0.15, 0.2) is 23.1 Å². The average molecular weight is 225 g/mol. The van der Waals surface area contributed by atoms with Crippen molar-refractivity contribution in [1.29, 1.82) is 0 Å². The minimum Gasteiger partial charge on any atom is -0.330 e. The van der Waals surface area contributed by atoms with Gasteiger partial charge in [-0.05, 0) is 37.4 Å². The van der Waals surface area contributed by atoms with E-state index in [0.29, 0.717) is 24.3 Å². The van der Waals surface area contributed by atoms with Crippen LogP contribution in [-0.2, 0) is 22.7 Å². The van der Waals surface area contributed by atoms with Gasteiger partial charge in [-0.1, -0.05) is 18.2 Å². The molecule has 82 valence electrons. The van der Waals surface area contributed by atoms with Crippen molar-refractivity contribution in [1.82, 2.24) is 0 Å². The predicted molar refractivity (Wildman–Crippen MR) is 59.6 cm³/mol. The highest BCUT2D eigenvalue weighted by Crippen LogP contribution is 2.33.